The summed E-state index contributed by atoms with van der Waals surface area (Å²) in [5.41, 5.74) is 3.05. The van der Waals surface area contributed by atoms with E-state index >= 15 is 0 Å². The first-order valence-corrected chi connectivity index (χ1v) is 11.1. The molecule has 1 fully saturated rings. The van der Waals surface area contributed by atoms with Gasteiger partial charge in [-0.05, 0) is 36.6 Å². The van der Waals surface area contributed by atoms with Crippen molar-refractivity contribution in [2.24, 2.45) is 0 Å². The van der Waals surface area contributed by atoms with Gasteiger partial charge in [-0.1, -0.05) is 54.6 Å². The van der Waals surface area contributed by atoms with Crippen molar-refractivity contribution in [1.29, 1.82) is 0 Å². The molecule has 1 unspecified atom stereocenters. The summed E-state index contributed by atoms with van der Waals surface area (Å²) >= 11 is 0. The zero-order valence-corrected chi connectivity index (χ0v) is 16.6. The molecule has 1 atom stereocenters. The van der Waals surface area contributed by atoms with Gasteiger partial charge in [-0.15, -0.1) is 0 Å². The molecule has 0 amide bonds. The zero-order chi connectivity index (χ0) is 19.1. The van der Waals surface area contributed by atoms with E-state index in [9.17, 15) is 8.42 Å². The molecule has 5 nitrogen and oxygen atoms in total. The smallest absolute Gasteiger partial charge is 0.215 e. The zero-order valence-electron chi connectivity index (χ0n) is 15.8. The van der Waals surface area contributed by atoms with Gasteiger partial charge in [0.2, 0.25) is 10.0 Å². The lowest BCUT2D eigenvalue weighted by atomic mass is 10.1. The molecule has 1 aliphatic rings. The van der Waals surface area contributed by atoms with Crippen LogP contribution in [0.2, 0.25) is 0 Å². The molecule has 1 saturated heterocycles. The Labute approximate surface area is 162 Å². The molecule has 0 aromatic heterocycles. The summed E-state index contributed by atoms with van der Waals surface area (Å²) in [5, 5.41) is 0. The molecule has 2 aromatic carbocycles. The van der Waals surface area contributed by atoms with Gasteiger partial charge in [0.05, 0.1) is 18.5 Å². The maximum Gasteiger partial charge on any atom is 0.215 e. The Morgan fingerprint density at radius 2 is 1.85 bits per heavy atom. The normalized spacial score (nSPS) is 18.5. The molecule has 0 saturated carbocycles. The first-order valence-electron chi connectivity index (χ1n) is 9.44. The summed E-state index contributed by atoms with van der Waals surface area (Å²) < 4.78 is 33.2. The quantitative estimate of drug-likeness (QED) is 0.707. The molecule has 0 spiro atoms. The van der Waals surface area contributed by atoms with Gasteiger partial charge in [0.1, 0.15) is 0 Å². The summed E-state index contributed by atoms with van der Waals surface area (Å²) in [6, 6.07) is 17.8. The van der Waals surface area contributed by atoms with Gasteiger partial charge in [0.25, 0.3) is 0 Å². The molecule has 2 aromatic rings. The first-order chi connectivity index (χ1) is 13.0. The van der Waals surface area contributed by atoms with Crippen molar-refractivity contribution in [3.8, 4) is 0 Å². The van der Waals surface area contributed by atoms with Crippen LogP contribution in [0.4, 0.5) is 0 Å². The average Bonchev–Trinajstić information content (AvgIpc) is 2.68. The Kier molecular flexibility index (Phi) is 7.01. The molecule has 1 N–H and O–H groups in total. The highest BCUT2D eigenvalue weighted by Crippen LogP contribution is 2.21. The van der Waals surface area contributed by atoms with Crippen LogP contribution in [0.5, 0.6) is 0 Å². The first kappa shape index (κ1) is 20.0. The Morgan fingerprint density at radius 1 is 1.11 bits per heavy atom. The fraction of sp³-hybridized carbons (Fsp3) is 0.429. The molecule has 146 valence electrons. The maximum atomic E-state index is 12.3. The minimum Gasteiger partial charge on any atom is -0.371 e. The second kappa shape index (κ2) is 9.46. The van der Waals surface area contributed by atoms with Crippen LogP contribution in [0.3, 0.4) is 0 Å². The standard InChI is InChI=1S/C21H28N2O3S/c1-18-8-5-6-11-20(18)17-27(24,25)22-12-7-13-23-14-15-26-21(16-23)19-9-3-2-4-10-19/h2-6,8-11,21-22H,7,12-17H2,1H3. The largest absolute Gasteiger partial charge is 0.371 e. The van der Waals surface area contributed by atoms with Crippen molar-refractivity contribution < 1.29 is 13.2 Å². The SMILES string of the molecule is Cc1ccccc1CS(=O)(=O)NCCCN1CCOC(c2ccccc2)C1. The monoisotopic (exact) mass is 388 g/mol. The van der Waals surface area contributed by atoms with Crippen LogP contribution < -0.4 is 4.72 Å². The van der Waals surface area contributed by atoms with Crippen molar-refractivity contribution in [3.63, 3.8) is 0 Å². The molecule has 0 radical (unpaired) electrons. The minimum atomic E-state index is -3.31. The molecule has 3 rings (SSSR count). The number of benzene rings is 2. The Morgan fingerprint density at radius 3 is 2.63 bits per heavy atom. The predicted molar refractivity (Wildman–Crippen MR) is 108 cm³/mol. The van der Waals surface area contributed by atoms with E-state index in [1.54, 1.807) is 0 Å². The predicted octanol–water partition coefficient (Wildman–Crippen LogP) is 2.88. The molecule has 0 aliphatic carbocycles. The van der Waals surface area contributed by atoms with Crippen LogP contribution >= 0.6 is 0 Å². The number of nitrogens with one attached hydrogen (secondary N) is 1. The lowest BCUT2D eigenvalue weighted by Gasteiger charge is -2.33. The third-order valence-electron chi connectivity index (χ3n) is 4.90. The van der Waals surface area contributed by atoms with E-state index in [0.717, 1.165) is 37.2 Å². The Hall–Kier alpha value is -1.73. The van der Waals surface area contributed by atoms with Crippen LogP contribution in [-0.2, 0) is 20.5 Å². The van der Waals surface area contributed by atoms with Gasteiger partial charge in [-0.3, -0.25) is 4.90 Å². The summed E-state index contributed by atoms with van der Waals surface area (Å²) in [6.07, 6.45) is 0.881. The van der Waals surface area contributed by atoms with Gasteiger partial charge >= 0.3 is 0 Å². The van der Waals surface area contributed by atoms with E-state index in [-0.39, 0.29) is 11.9 Å². The summed E-state index contributed by atoms with van der Waals surface area (Å²) in [6.45, 7) is 5.70. The van der Waals surface area contributed by atoms with E-state index in [1.165, 1.54) is 5.56 Å². The molecule has 0 bridgehead atoms. The highest BCUT2D eigenvalue weighted by molar-refractivity contribution is 7.88. The fourth-order valence-corrected chi connectivity index (χ4v) is 4.62. The third-order valence-corrected chi connectivity index (χ3v) is 6.24. The number of rotatable bonds is 8. The Balaban J connectivity index is 1.42. The van der Waals surface area contributed by atoms with Gasteiger partial charge in [0.15, 0.2) is 0 Å². The van der Waals surface area contributed by atoms with Gasteiger partial charge < -0.3 is 4.74 Å². The minimum absolute atomic E-state index is 0.0350. The van der Waals surface area contributed by atoms with Crippen molar-refractivity contribution in [2.75, 3.05) is 32.8 Å². The fourth-order valence-electron chi connectivity index (χ4n) is 3.33. The van der Waals surface area contributed by atoms with Crippen molar-refractivity contribution >= 4 is 10.0 Å². The number of aryl methyl sites for hydroxylation is 1. The lowest BCUT2D eigenvalue weighted by molar-refractivity contribution is -0.0300. The number of nitrogens with zero attached hydrogens (tertiary/aromatic N) is 1. The van der Waals surface area contributed by atoms with E-state index in [0.29, 0.717) is 13.2 Å². The number of ether oxygens (including phenoxy) is 1. The van der Waals surface area contributed by atoms with Crippen LogP contribution in [0.15, 0.2) is 54.6 Å². The molecular weight excluding hydrogens is 360 g/mol. The van der Waals surface area contributed by atoms with Crippen molar-refractivity contribution in [3.05, 3.63) is 71.3 Å². The maximum absolute atomic E-state index is 12.3. The topological polar surface area (TPSA) is 58.6 Å². The number of sulfonamides is 1. The second-order valence-electron chi connectivity index (χ2n) is 7.00. The Bertz CT molecular complexity index is 824. The molecular formula is C21H28N2O3S. The van der Waals surface area contributed by atoms with Crippen molar-refractivity contribution in [2.45, 2.75) is 25.2 Å². The van der Waals surface area contributed by atoms with E-state index < -0.39 is 10.0 Å². The number of hydrogen-bond donors (Lipinski definition) is 1. The molecule has 6 heteroatoms. The highest BCUT2D eigenvalue weighted by atomic mass is 32.2. The average molecular weight is 389 g/mol. The van der Waals surface area contributed by atoms with Crippen LogP contribution in [0, 0.1) is 6.92 Å². The molecule has 27 heavy (non-hydrogen) atoms. The van der Waals surface area contributed by atoms with Crippen LogP contribution in [0.25, 0.3) is 0 Å². The van der Waals surface area contributed by atoms with E-state index in [2.05, 4.69) is 21.8 Å². The second-order valence-corrected chi connectivity index (χ2v) is 8.81. The number of hydrogen-bond acceptors (Lipinski definition) is 4. The lowest BCUT2D eigenvalue weighted by Crippen LogP contribution is -2.40. The summed E-state index contributed by atoms with van der Waals surface area (Å²) in [5.74, 6) is 0.0350. The van der Waals surface area contributed by atoms with E-state index in [1.807, 2.05) is 49.4 Å². The van der Waals surface area contributed by atoms with Gasteiger partial charge in [0, 0.05) is 19.6 Å². The van der Waals surface area contributed by atoms with E-state index in [4.69, 9.17) is 4.74 Å². The highest BCUT2D eigenvalue weighted by Gasteiger charge is 2.21. The van der Waals surface area contributed by atoms with Crippen molar-refractivity contribution in [1.82, 2.24) is 9.62 Å². The summed E-state index contributed by atoms with van der Waals surface area (Å²) in [4.78, 5) is 2.34. The van der Waals surface area contributed by atoms with Gasteiger partial charge in [-0.25, -0.2) is 13.1 Å². The summed E-state index contributed by atoms with van der Waals surface area (Å²) in [7, 11) is -3.31. The molecule has 1 heterocycles. The van der Waals surface area contributed by atoms with Crippen LogP contribution in [0.1, 0.15) is 29.2 Å². The molecule has 1 aliphatic heterocycles. The third kappa shape index (κ3) is 6.14. The van der Waals surface area contributed by atoms with Gasteiger partial charge in [-0.2, -0.15) is 0 Å². The number of morpholine rings is 1. The van der Waals surface area contributed by atoms with Crippen LogP contribution in [-0.4, -0.2) is 46.1 Å².